The zero-order chi connectivity index (χ0) is 22.1. The summed E-state index contributed by atoms with van der Waals surface area (Å²) in [7, 11) is -3.12. The third-order valence-electron chi connectivity index (χ3n) is 9.08. The quantitative estimate of drug-likeness (QED) is 0.309. The zero-order valence-corrected chi connectivity index (χ0v) is 23.4. The van der Waals surface area contributed by atoms with Gasteiger partial charge in [0, 0.05) is 5.41 Å². The SMILES string of the molecule is CC12CCC3C(CCC4C(Cl)[C@H](O[Si](C)(C)C)CCC34C)C1CC=C2O[Si](C)(C)C. The molecule has 0 radical (unpaired) electrons. The summed E-state index contributed by atoms with van der Waals surface area (Å²) < 4.78 is 13.2. The van der Waals surface area contributed by atoms with Crippen LogP contribution in [0.25, 0.3) is 0 Å². The summed E-state index contributed by atoms with van der Waals surface area (Å²) in [5.41, 5.74) is 0.654. The number of hydrogen-bond acceptors (Lipinski definition) is 2. The summed E-state index contributed by atoms with van der Waals surface area (Å²) in [4.78, 5) is 0. The number of alkyl halides is 1. The molecule has 172 valence electrons. The minimum atomic E-state index is -1.56. The smallest absolute Gasteiger partial charge is 0.241 e. The predicted octanol–water partition coefficient (Wildman–Crippen LogP) is 7.81. The van der Waals surface area contributed by atoms with Gasteiger partial charge in [-0.2, -0.15) is 0 Å². The van der Waals surface area contributed by atoms with Gasteiger partial charge < -0.3 is 8.85 Å². The van der Waals surface area contributed by atoms with Crippen molar-refractivity contribution in [1.82, 2.24) is 0 Å². The summed E-state index contributed by atoms with van der Waals surface area (Å²) in [6.07, 6.45) is 11.7. The predicted molar refractivity (Wildman–Crippen MR) is 133 cm³/mol. The lowest BCUT2D eigenvalue weighted by molar-refractivity contribution is -0.117. The summed E-state index contributed by atoms with van der Waals surface area (Å²) in [6.45, 7) is 19.0. The van der Waals surface area contributed by atoms with Crippen molar-refractivity contribution in [3.05, 3.63) is 11.8 Å². The summed E-state index contributed by atoms with van der Waals surface area (Å²) in [6, 6.07) is 0. The molecule has 0 bridgehead atoms. The van der Waals surface area contributed by atoms with Crippen molar-refractivity contribution in [2.45, 2.75) is 110 Å². The third-order valence-corrected chi connectivity index (χ3v) is 11.5. The van der Waals surface area contributed by atoms with Gasteiger partial charge in [0.2, 0.25) is 8.32 Å². The molecular weight excluding hydrogens is 424 g/mol. The number of fused-ring (bicyclic) bond motifs is 5. The molecule has 0 aromatic heterocycles. The molecule has 3 fully saturated rings. The van der Waals surface area contributed by atoms with E-state index in [1.165, 1.54) is 44.3 Å². The van der Waals surface area contributed by atoms with E-state index in [0.717, 1.165) is 24.2 Å². The molecule has 0 N–H and O–H groups in total. The molecule has 8 atom stereocenters. The summed E-state index contributed by atoms with van der Waals surface area (Å²) >= 11 is 7.19. The summed E-state index contributed by atoms with van der Waals surface area (Å²) in [5, 5.41) is 0.192. The van der Waals surface area contributed by atoms with E-state index in [1.54, 1.807) is 0 Å². The minimum absolute atomic E-state index is 0.192. The van der Waals surface area contributed by atoms with Crippen LogP contribution in [0.4, 0.5) is 0 Å². The van der Waals surface area contributed by atoms with E-state index in [2.05, 4.69) is 59.2 Å². The zero-order valence-electron chi connectivity index (χ0n) is 20.7. The number of halogens is 1. The van der Waals surface area contributed by atoms with Crippen LogP contribution < -0.4 is 0 Å². The van der Waals surface area contributed by atoms with Crippen LogP contribution in [-0.2, 0) is 8.85 Å². The van der Waals surface area contributed by atoms with Gasteiger partial charge in [0.15, 0.2) is 8.32 Å². The highest BCUT2D eigenvalue weighted by atomic mass is 35.5. The summed E-state index contributed by atoms with van der Waals surface area (Å²) in [5.74, 6) is 4.39. The van der Waals surface area contributed by atoms with E-state index in [9.17, 15) is 0 Å². The van der Waals surface area contributed by atoms with Crippen molar-refractivity contribution in [3.8, 4) is 0 Å². The maximum atomic E-state index is 7.19. The van der Waals surface area contributed by atoms with Gasteiger partial charge >= 0.3 is 0 Å². The van der Waals surface area contributed by atoms with Gasteiger partial charge in [-0.25, -0.2) is 0 Å². The molecule has 30 heavy (non-hydrogen) atoms. The largest absolute Gasteiger partial charge is 0.547 e. The first-order valence-electron chi connectivity index (χ1n) is 12.5. The second-order valence-electron chi connectivity index (χ2n) is 13.3. The molecule has 4 rings (SSSR count). The van der Waals surface area contributed by atoms with Gasteiger partial charge in [-0.05, 0) is 119 Å². The van der Waals surface area contributed by atoms with E-state index < -0.39 is 16.6 Å². The van der Waals surface area contributed by atoms with Gasteiger partial charge in [-0.15, -0.1) is 11.6 Å². The molecule has 0 heterocycles. The van der Waals surface area contributed by atoms with Gasteiger partial charge in [0.1, 0.15) is 0 Å². The Bertz CT molecular complexity index is 696. The Hall–Kier alpha value is 0.224. The number of allylic oxidation sites excluding steroid dienone is 2. The molecule has 0 aromatic rings. The van der Waals surface area contributed by atoms with E-state index in [1.807, 2.05) is 0 Å². The van der Waals surface area contributed by atoms with Crippen LogP contribution in [-0.4, -0.2) is 28.1 Å². The van der Waals surface area contributed by atoms with Gasteiger partial charge in [0.25, 0.3) is 0 Å². The molecule has 0 amide bonds. The number of rotatable bonds is 4. The van der Waals surface area contributed by atoms with Crippen LogP contribution in [0, 0.1) is 34.5 Å². The molecule has 4 aliphatic rings. The van der Waals surface area contributed by atoms with Crippen molar-refractivity contribution < 1.29 is 8.85 Å². The molecule has 0 saturated heterocycles. The average molecular weight is 469 g/mol. The van der Waals surface area contributed by atoms with Crippen LogP contribution >= 0.6 is 11.6 Å². The highest BCUT2D eigenvalue weighted by Gasteiger charge is 2.61. The van der Waals surface area contributed by atoms with Crippen molar-refractivity contribution in [3.63, 3.8) is 0 Å². The Morgan fingerprint density at radius 3 is 2.20 bits per heavy atom. The van der Waals surface area contributed by atoms with Crippen LogP contribution in [0.1, 0.15) is 58.8 Å². The normalized spacial score (nSPS) is 46.5. The molecule has 3 saturated carbocycles. The van der Waals surface area contributed by atoms with E-state index in [4.69, 9.17) is 20.5 Å². The van der Waals surface area contributed by atoms with Gasteiger partial charge in [0.05, 0.1) is 17.2 Å². The van der Waals surface area contributed by atoms with Crippen molar-refractivity contribution in [2.24, 2.45) is 34.5 Å². The fourth-order valence-electron chi connectivity index (χ4n) is 7.85. The van der Waals surface area contributed by atoms with E-state index in [0.29, 0.717) is 11.3 Å². The van der Waals surface area contributed by atoms with E-state index >= 15 is 0 Å². The number of hydrogen-bond donors (Lipinski definition) is 0. The first kappa shape index (κ1) is 23.4. The average Bonchev–Trinajstić information content (AvgIpc) is 2.92. The third kappa shape index (κ3) is 4.01. The second-order valence-corrected chi connectivity index (χ2v) is 22.7. The maximum absolute atomic E-state index is 7.19. The molecule has 0 aromatic carbocycles. The molecule has 4 aliphatic carbocycles. The fraction of sp³-hybridized carbons (Fsp3) is 0.920. The maximum Gasteiger partial charge on any atom is 0.241 e. The first-order valence-corrected chi connectivity index (χ1v) is 19.7. The Kier molecular flexibility index (Phi) is 5.95. The van der Waals surface area contributed by atoms with Gasteiger partial charge in [-0.1, -0.05) is 13.8 Å². The van der Waals surface area contributed by atoms with Crippen molar-refractivity contribution >= 4 is 28.2 Å². The lowest BCUT2D eigenvalue weighted by atomic mass is 9.45. The van der Waals surface area contributed by atoms with Crippen LogP contribution in [0.3, 0.4) is 0 Å². The Balaban J connectivity index is 1.53. The lowest BCUT2D eigenvalue weighted by Crippen LogP contribution is -2.58. The Morgan fingerprint density at radius 2 is 1.57 bits per heavy atom. The molecule has 2 nitrogen and oxygen atoms in total. The van der Waals surface area contributed by atoms with Gasteiger partial charge in [-0.3, -0.25) is 0 Å². The van der Waals surface area contributed by atoms with E-state index in [-0.39, 0.29) is 16.9 Å². The fourth-order valence-corrected chi connectivity index (χ4v) is 10.7. The highest BCUT2D eigenvalue weighted by molar-refractivity contribution is 6.70. The lowest BCUT2D eigenvalue weighted by Gasteiger charge is -2.62. The van der Waals surface area contributed by atoms with Crippen LogP contribution in [0.5, 0.6) is 0 Å². The topological polar surface area (TPSA) is 18.5 Å². The Labute approximate surface area is 192 Å². The van der Waals surface area contributed by atoms with Crippen LogP contribution in [0.15, 0.2) is 11.8 Å². The molecular formula is C25H45ClO2Si2. The monoisotopic (exact) mass is 468 g/mol. The highest BCUT2D eigenvalue weighted by Crippen LogP contribution is 2.67. The second kappa shape index (κ2) is 7.63. The standard InChI is InChI=1S/C25H45ClO2Si2/c1-24-16-14-21(27-29(3,4)5)23(26)20(24)10-9-17-18-11-12-22(28-30(6,7)8)25(18,2)15-13-19(17)24/h12,17-21,23H,9-11,13-16H2,1-8H3/t17?,18?,19?,20?,21-,23?,24?,25?/m1/s1. The van der Waals surface area contributed by atoms with Crippen LogP contribution in [0.2, 0.25) is 39.3 Å². The Morgan fingerprint density at radius 1 is 0.867 bits per heavy atom. The first-order chi connectivity index (χ1) is 13.7. The van der Waals surface area contributed by atoms with Crippen molar-refractivity contribution in [1.29, 1.82) is 0 Å². The molecule has 5 heteroatoms. The molecule has 0 aliphatic heterocycles. The minimum Gasteiger partial charge on any atom is -0.547 e. The molecule has 7 unspecified atom stereocenters. The molecule has 0 spiro atoms. The van der Waals surface area contributed by atoms with Crippen molar-refractivity contribution in [2.75, 3.05) is 0 Å².